The van der Waals surface area contributed by atoms with E-state index >= 15 is 0 Å². The topological polar surface area (TPSA) is 49.6 Å². The van der Waals surface area contributed by atoms with Crippen LogP contribution in [0, 0.1) is 5.92 Å². The number of benzene rings is 1. The predicted octanol–water partition coefficient (Wildman–Crippen LogP) is 3.31. The van der Waals surface area contributed by atoms with E-state index in [1.807, 2.05) is 65.0 Å². The largest absolute Gasteiger partial charge is 0.338 e. The Kier molecular flexibility index (Phi) is 5.45. The quantitative estimate of drug-likeness (QED) is 0.667. The molecule has 1 aliphatic rings. The molecule has 3 heterocycles. The highest BCUT2D eigenvalue weighted by atomic mass is 32.2. The molecular weight excluding hydrogens is 356 g/mol. The Morgan fingerprint density at radius 3 is 2.89 bits per heavy atom. The lowest BCUT2D eigenvalue weighted by Gasteiger charge is -2.16. The highest BCUT2D eigenvalue weighted by Crippen LogP contribution is 2.24. The van der Waals surface area contributed by atoms with Crippen molar-refractivity contribution < 1.29 is 4.79 Å². The number of aromatic nitrogens is 2. The lowest BCUT2D eigenvalue weighted by molar-refractivity contribution is 0.0787. The van der Waals surface area contributed by atoms with Crippen molar-refractivity contribution in [3.63, 3.8) is 0 Å². The second-order valence-corrected chi connectivity index (χ2v) is 8.02. The van der Waals surface area contributed by atoms with E-state index in [2.05, 4.69) is 16.5 Å². The maximum Gasteiger partial charge on any atom is 0.253 e. The van der Waals surface area contributed by atoms with E-state index in [0.29, 0.717) is 5.92 Å². The average molecular weight is 381 g/mol. The molecule has 4 rings (SSSR count). The van der Waals surface area contributed by atoms with Gasteiger partial charge in [0.05, 0.1) is 5.69 Å². The summed E-state index contributed by atoms with van der Waals surface area (Å²) in [5, 5.41) is 3.20. The van der Waals surface area contributed by atoms with Crippen LogP contribution in [0.25, 0.3) is 5.65 Å². The molecule has 1 saturated heterocycles. The number of hydrogen-bond donors (Lipinski definition) is 1. The fourth-order valence-corrected chi connectivity index (χ4v) is 4.34. The molecule has 0 aliphatic carbocycles. The number of thioether (sulfide) groups is 1. The average Bonchev–Trinajstić information content (AvgIpc) is 3.33. The van der Waals surface area contributed by atoms with E-state index in [0.717, 1.165) is 53.6 Å². The van der Waals surface area contributed by atoms with Crippen molar-refractivity contribution >= 4 is 23.3 Å². The van der Waals surface area contributed by atoms with Crippen LogP contribution < -0.4 is 5.32 Å². The highest BCUT2D eigenvalue weighted by molar-refractivity contribution is 7.98. The first-order chi connectivity index (χ1) is 13.2. The summed E-state index contributed by atoms with van der Waals surface area (Å²) in [6, 6.07) is 14.0. The van der Waals surface area contributed by atoms with Gasteiger partial charge in [0.15, 0.2) is 0 Å². The van der Waals surface area contributed by atoms with E-state index in [9.17, 15) is 4.79 Å². The number of amides is 1. The number of carbonyl (C=O) groups is 1. The monoisotopic (exact) mass is 380 g/mol. The lowest BCUT2D eigenvalue weighted by Crippen LogP contribution is -2.30. The van der Waals surface area contributed by atoms with E-state index in [4.69, 9.17) is 0 Å². The Morgan fingerprint density at radius 1 is 1.26 bits per heavy atom. The van der Waals surface area contributed by atoms with Crippen molar-refractivity contribution in [1.29, 1.82) is 0 Å². The number of fused-ring (bicyclic) bond motifs is 1. The van der Waals surface area contributed by atoms with Gasteiger partial charge in [0, 0.05) is 41.7 Å². The third-order valence-electron chi connectivity index (χ3n) is 4.97. The predicted molar refractivity (Wildman–Crippen MR) is 109 cm³/mol. The van der Waals surface area contributed by atoms with E-state index in [1.165, 1.54) is 0 Å². The van der Waals surface area contributed by atoms with Crippen LogP contribution in [0.15, 0.2) is 59.8 Å². The number of rotatable bonds is 6. The third-order valence-corrected chi connectivity index (χ3v) is 6.01. The number of imidazole rings is 1. The highest BCUT2D eigenvalue weighted by Gasteiger charge is 2.26. The van der Waals surface area contributed by atoms with Gasteiger partial charge in [-0.1, -0.05) is 6.07 Å². The zero-order valence-electron chi connectivity index (χ0n) is 15.5. The van der Waals surface area contributed by atoms with Crippen LogP contribution in [0.3, 0.4) is 0 Å². The summed E-state index contributed by atoms with van der Waals surface area (Å²) in [4.78, 5) is 20.4. The standard InChI is InChI=1S/C21H24N4OS/c1-22-12-16-9-11-25(13-16)21(26)17-5-7-19(8-6-17)27-15-18-14-24-10-3-2-4-20(24)23-18/h2-8,10,14,16,22H,9,11-13,15H2,1H3. The Labute approximate surface area is 163 Å². The molecule has 1 aromatic carbocycles. The molecule has 1 fully saturated rings. The normalized spacial score (nSPS) is 16.9. The summed E-state index contributed by atoms with van der Waals surface area (Å²) in [5.41, 5.74) is 2.80. The van der Waals surface area contributed by atoms with Gasteiger partial charge in [0.1, 0.15) is 5.65 Å². The first-order valence-electron chi connectivity index (χ1n) is 9.32. The van der Waals surface area contributed by atoms with Crippen molar-refractivity contribution in [2.45, 2.75) is 17.1 Å². The van der Waals surface area contributed by atoms with Gasteiger partial charge in [0.25, 0.3) is 5.91 Å². The molecule has 140 valence electrons. The van der Waals surface area contributed by atoms with E-state index < -0.39 is 0 Å². The Balaban J connectivity index is 1.35. The van der Waals surface area contributed by atoms with Crippen molar-refractivity contribution in [2.75, 3.05) is 26.7 Å². The fourth-order valence-electron chi connectivity index (χ4n) is 3.56. The van der Waals surface area contributed by atoms with Crippen LogP contribution >= 0.6 is 11.8 Å². The van der Waals surface area contributed by atoms with Crippen LogP contribution in [0.2, 0.25) is 0 Å². The van der Waals surface area contributed by atoms with Gasteiger partial charge in [0.2, 0.25) is 0 Å². The minimum atomic E-state index is 0.144. The fraction of sp³-hybridized carbons (Fsp3) is 0.333. The Morgan fingerprint density at radius 2 is 2.11 bits per heavy atom. The zero-order chi connectivity index (χ0) is 18.6. The van der Waals surface area contributed by atoms with Gasteiger partial charge in [-0.3, -0.25) is 4.79 Å². The lowest BCUT2D eigenvalue weighted by atomic mass is 10.1. The number of nitrogens with zero attached hydrogens (tertiary/aromatic N) is 3. The summed E-state index contributed by atoms with van der Waals surface area (Å²) >= 11 is 1.74. The molecule has 6 heteroatoms. The van der Waals surface area contributed by atoms with Crippen LogP contribution in [-0.4, -0.2) is 46.9 Å². The molecule has 0 radical (unpaired) electrons. The van der Waals surface area contributed by atoms with Gasteiger partial charge in [-0.15, -0.1) is 11.8 Å². The van der Waals surface area contributed by atoms with Crippen molar-refractivity contribution in [3.05, 3.63) is 66.1 Å². The van der Waals surface area contributed by atoms with Crippen molar-refractivity contribution in [1.82, 2.24) is 19.6 Å². The van der Waals surface area contributed by atoms with Crippen molar-refractivity contribution in [2.24, 2.45) is 5.92 Å². The Bertz CT molecular complexity index is 888. The first-order valence-corrected chi connectivity index (χ1v) is 10.3. The first kappa shape index (κ1) is 18.1. The van der Waals surface area contributed by atoms with Crippen LogP contribution in [0.4, 0.5) is 0 Å². The van der Waals surface area contributed by atoms with Gasteiger partial charge < -0.3 is 14.6 Å². The SMILES string of the molecule is CNCC1CCN(C(=O)c2ccc(SCc3cn4ccccc4n3)cc2)C1. The molecule has 1 atom stereocenters. The van der Waals surface area contributed by atoms with Crippen LogP contribution in [0.5, 0.6) is 0 Å². The Hall–Kier alpha value is -2.31. The molecule has 5 nitrogen and oxygen atoms in total. The maximum absolute atomic E-state index is 12.7. The number of carbonyl (C=O) groups excluding carboxylic acids is 1. The van der Waals surface area contributed by atoms with Gasteiger partial charge in [-0.2, -0.15) is 0 Å². The molecule has 0 saturated carbocycles. The van der Waals surface area contributed by atoms with Gasteiger partial charge in [-0.25, -0.2) is 4.98 Å². The summed E-state index contributed by atoms with van der Waals surface area (Å²) < 4.78 is 2.04. The van der Waals surface area contributed by atoms with E-state index in [1.54, 1.807) is 11.8 Å². The van der Waals surface area contributed by atoms with Gasteiger partial charge in [-0.05, 0) is 62.3 Å². The molecular formula is C21H24N4OS. The molecule has 1 aliphatic heterocycles. The molecule has 27 heavy (non-hydrogen) atoms. The van der Waals surface area contributed by atoms with Crippen molar-refractivity contribution in [3.8, 4) is 0 Å². The summed E-state index contributed by atoms with van der Waals surface area (Å²) in [5.74, 6) is 1.52. The number of nitrogens with one attached hydrogen (secondary N) is 1. The minimum Gasteiger partial charge on any atom is -0.338 e. The summed E-state index contributed by atoms with van der Waals surface area (Å²) in [6.45, 7) is 2.68. The molecule has 0 spiro atoms. The smallest absolute Gasteiger partial charge is 0.253 e. The molecule has 1 N–H and O–H groups in total. The second-order valence-electron chi connectivity index (χ2n) is 6.97. The van der Waals surface area contributed by atoms with E-state index in [-0.39, 0.29) is 5.91 Å². The van der Waals surface area contributed by atoms with Gasteiger partial charge >= 0.3 is 0 Å². The molecule has 3 aromatic rings. The zero-order valence-corrected chi connectivity index (χ0v) is 16.3. The van der Waals surface area contributed by atoms with Crippen LogP contribution in [-0.2, 0) is 5.75 Å². The third kappa shape index (κ3) is 4.17. The number of pyridine rings is 1. The number of hydrogen-bond acceptors (Lipinski definition) is 4. The molecule has 0 bridgehead atoms. The summed E-state index contributed by atoms with van der Waals surface area (Å²) in [7, 11) is 1.97. The maximum atomic E-state index is 12.7. The molecule has 1 amide bonds. The molecule has 2 aromatic heterocycles. The summed E-state index contributed by atoms with van der Waals surface area (Å²) in [6.07, 6.45) is 5.16. The molecule has 1 unspecified atom stereocenters. The minimum absolute atomic E-state index is 0.144. The van der Waals surface area contributed by atoms with Crippen LogP contribution in [0.1, 0.15) is 22.5 Å². The number of likely N-dealkylation sites (tertiary alicyclic amines) is 1. The second kappa shape index (κ2) is 8.15.